The zero-order valence-electron chi connectivity index (χ0n) is 11.5. The van der Waals surface area contributed by atoms with Crippen LogP contribution in [0.4, 0.5) is 8.78 Å². The van der Waals surface area contributed by atoms with Gasteiger partial charge in [-0.15, -0.1) is 11.3 Å². The maximum atomic E-state index is 12.7. The van der Waals surface area contributed by atoms with E-state index in [0.717, 1.165) is 15.5 Å². The van der Waals surface area contributed by atoms with Crippen LogP contribution in [0.2, 0.25) is 0 Å². The Morgan fingerprint density at radius 3 is 2.48 bits per heavy atom. The van der Waals surface area contributed by atoms with Crippen molar-refractivity contribution >= 4 is 47.3 Å². The molecule has 23 heavy (non-hydrogen) atoms. The molecule has 0 amide bonds. The number of hydrogen-bond acceptors (Lipinski definition) is 4. The lowest BCUT2D eigenvalue weighted by Gasteiger charge is -2.03. The van der Waals surface area contributed by atoms with Gasteiger partial charge < -0.3 is 5.11 Å². The zero-order valence-corrected chi connectivity index (χ0v) is 13.1. The molecule has 0 saturated carbocycles. The molecule has 0 saturated heterocycles. The quantitative estimate of drug-likeness (QED) is 0.774. The Morgan fingerprint density at radius 2 is 1.83 bits per heavy atom. The maximum Gasteiger partial charge on any atom is 0.341 e. The molecule has 0 aliphatic carbocycles. The number of carboxylic acids is 1. The van der Waals surface area contributed by atoms with Gasteiger partial charge in [0.25, 0.3) is 0 Å². The monoisotopic (exact) mass is 356 g/mol. The second-order valence-corrected chi connectivity index (χ2v) is 7.97. The first-order valence-electron chi connectivity index (χ1n) is 6.48. The van der Waals surface area contributed by atoms with E-state index in [1.54, 1.807) is 18.2 Å². The van der Waals surface area contributed by atoms with E-state index in [0.29, 0.717) is 16.3 Å². The highest BCUT2D eigenvalue weighted by atomic mass is 32.2. The van der Waals surface area contributed by atoms with Crippen molar-refractivity contribution in [3.05, 3.63) is 42.0 Å². The van der Waals surface area contributed by atoms with E-state index in [4.69, 9.17) is 5.11 Å². The van der Waals surface area contributed by atoms with Crippen LogP contribution in [0.5, 0.6) is 0 Å². The average Bonchev–Trinajstić information content (AvgIpc) is 2.82. The van der Waals surface area contributed by atoms with Crippen LogP contribution in [-0.2, 0) is 21.1 Å². The smallest absolute Gasteiger partial charge is 0.341 e. The minimum absolute atomic E-state index is 0.116. The normalized spacial score (nSPS) is 12.3. The van der Waals surface area contributed by atoms with Gasteiger partial charge in [-0.05, 0) is 29.8 Å². The molecule has 1 heterocycles. The summed E-state index contributed by atoms with van der Waals surface area (Å²) < 4.78 is 50.1. The van der Waals surface area contributed by atoms with Crippen LogP contribution >= 0.6 is 11.3 Å². The molecule has 0 bridgehead atoms. The van der Waals surface area contributed by atoms with Crippen LogP contribution in [-0.4, -0.2) is 25.3 Å². The van der Waals surface area contributed by atoms with E-state index in [9.17, 15) is 22.0 Å². The predicted octanol–water partition coefficient (Wildman–Crippen LogP) is 3.68. The highest BCUT2D eigenvalue weighted by Gasteiger charge is 2.27. The van der Waals surface area contributed by atoms with Crippen LogP contribution in [0.3, 0.4) is 0 Å². The van der Waals surface area contributed by atoms with Gasteiger partial charge in [0.15, 0.2) is 0 Å². The molecule has 4 nitrogen and oxygen atoms in total. The molecule has 3 rings (SSSR count). The molecule has 120 valence electrons. The third-order valence-corrected chi connectivity index (χ3v) is 5.94. The van der Waals surface area contributed by atoms with E-state index in [2.05, 4.69) is 0 Å². The largest absolute Gasteiger partial charge is 0.481 e. The molecular formula is C15H10F2O4S2. The van der Waals surface area contributed by atoms with Crippen molar-refractivity contribution in [2.45, 2.75) is 17.1 Å². The summed E-state index contributed by atoms with van der Waals surface area (Å²) in [6, 6.07) is 8.94. The van der Waals surface area contributed by atoms with Gasteiger partial charge in [0.05, 0.1) is 11.3 Å². The molecule has 0 unspecified atom stereocenters. The third-order valence-electron chi connectivity index (χ3n) is 3.43. The van der Waals surface area contributed by atoms with Gasteiger partial charge in [-0.25, -0.2) is 8.42 Å². The number of rotatable bonds is 4. The molecule has 0 radical (unpaired) electrons. The molecule has 1 N–H and O–H groups in total. The number of sulfone groups is 1. The lowest BCUT2D eigenvalue weighted by molar-refractivity contribution is -0.136. The van der Waals surface area contributed by atoms with Crippen molar-refractivity contribution in [3.8, 4) is 0 Å². The number of fused-ring (bicyclic) bond motifs is 3. The van der Waals surface area contributed by atoms with Crippen molar-refractivity contribution in [3.63, 3.8) is 0 Å². The fourth-order valence-corrected chi connectivity index (χ4v) is 4.26. The SMILES string of the molecule is O=C(O)Cc1ccc2c(c1)sc1ccc(S(=O)(=O)C(F)F)cc12. The molecule has 0 aliphatic rings. The summed E-state index contributed by atoms with van der Waals surface area (Å²) in [5.74, 6) is -4.41. The average molecular weight is 356 g/mol. The molecule has 0 aliphatic heterocycles. The van der Waals surface area contributed by atoms with Crippen molar-refractivity contribution in [1.82, 2.24) is 0 Å². The molecule has 2 aromatic carbocycles. The van der Waals surface area contributed by atoms with E-state index >= 15 is 0 Å². The van der Waals surface area contributed by atoms with Crippen molar-refractivity contribution in [2.75, 3.05) is 0 Å². The molecule has 0 spiro atoms. The van der Waals surface area contributed by atoms with Crippen molar-refractivity contribution < 1.29 is 27.1 Å². The molecule has 0 fully saturated rings. The number of aliphatic carboxylic acids is 1. The Labute approximate surface area is 133 Å². The van der Waals surface area contributed by atoms with Crippen LogP contribution in [0, 0.1) is 0 Å². The van der Waals surface area contributed by atoms with Gasteiger partial charge in [0, 0.05) is 20.2 Å². The summed E-state index contributed by atoms with van der Waals surface area (Å²) in [4.78, 5) is 10.3. The second kappa shape index (κ2) is 5.54. The van der Waals surface area contributed by atoms with Crippen LogP contribution in [0.15, 0.2) is 41.3 Å². The first-order chi connectivity index (χ1) is 10.8. The standard InChI is InChI=1S/C15H10F2O4S2/c16-15(17)23(20,21)9-2-4-12-11(7-9)10-3-1-8(6-14(18)19)5-13(10)22-12/h1-5,7,15H,6H2,(H,18,19). The Kier molecular flexibility index (Phi) is 3.81. The second-order valence-electron chi connectivity index (χ2n) is 4.97. The van der Waals surface area contributed by atoms with Gasteiger partial charge in [-0.1, -0.05) is 12.1 Å². The summed E-state index contributed by atoms with van der Waals surface area (Å²) in [6.45, 7) is 0. The van der Waals surface area contributed by atoms with Gasteiger partial charge >= 0.3 is 11.7 Å². The number of carboxylic acid groups (broad SMARTS) is 1. The van der Waals surface area contributed by atoms with Crippen LogP contribution in [0.25, 0.3) is 20.2 Å². The number of thiophene rings is 1. The number of hydrogen-bond donors (Lipinski definition) is 1. The van der Waals surface area contributed by atoms with Gasteiger partial charge in [0.2, 0.25) is 9.84 Å². The summed E-state index contributed by atoms with van der Waals surface area (Å²) in [5.41, 5.74) is 0.622. The van der Waals surface area contributed by atoms with E-state index < -0.39 is 26.5 Å². The number of carbonyl (C=O) groups is 1. The van der Waals surface area contributed by atoms with Gasteiger partial charge in [-0.3, -0.25) is 4.79 Å². The molecule has 1 aromatic heterocycles. The highest BCUT2D eigenvalue weighted by molar-refractivity contribution is 7.91. The summed E-state index contributed by atoms with van der Waals surface area (Å²) in [5, 5.41) is 10.1. The minimum atomic E-state index is -4.65. The minimum Gasteiger partial charge on any atom is -0.481 e. The lowest BCUT2D eigenvalue weighted by atomic mass is 10.1. The highest BCUT2D eigenvalue weighted by Crippen LogP contribution is 2.36. The first kappa shape index (κ1) is 15.8. The summed E-state index contributed by atoms with van der Waals surface area (Å²) >= 11 is 1.36. The fraction of sp³-hybridized carbons (Fsp3) is 0.133. The van der Waals surface area contributed by atoms with E-state index in [-0.39, 0.29) is 6.42 Å². The van der Waals surface area contributed by atoms with Gasteiger partial charge in [0.1, 0.15) is 0 Å². The number of alkyl halides is 2. The molecule has 8 heteroatoms. The van der Waals surface area contributed by atoms with Gasteiger partial charge in [-0.2, -0.15) is 8.78 Å². The topological polar surface area (TPSA) is 71.4 Å². The number of benzene rings is 2. The Morgan fingerprint density at radius 1 is 1.09 bits per heavy atom. The van der Waals surface area contributed by atoms with E-state index in [1.807, 2.05) is 0 Å². The number of halogens is 2. The summed E-state index contributed by atoms with van der Waals surface area (Å²) in [6.07, 6.45) is -0.116. The third kappa shape index (κ3) is 2.79. The molecular weight excluding hydrogens is 346 g/mol. The predicted molar refractivity (Wildman–Crippen MR) is 83.9 cm³/mol. The van der Waals surface area contributed by atoms with E-state index in [1.165, 1.54) is 23.5 Å². The Bertz CT molecular complexity index is 1020. The zero-order chi connectivity index (χ0) is 16.8. The first-order valence-corrected chi connectivity index (χ1v) is 8.84. The molecule has 0 atom stereocenters. The maximum absolute atomic E-state index is 12.7. The van der Waals surface area contributed by atoms with Crippen LogP contribution < -0.4 is 0 Å². The summed E-state index contributed by atoms with van der Waals surface area (Å²) in [7, 11) is -4.65. The fourth-order valence-electron chi connectivity index (χ4n) is 2.37. The van der Waals surface area contributed by atoms with Crippen molar-refractivity contribution in [1.29, 1.82) is 0 Å². The Hall–Kier alpha value is -2.06. The van der Waals surface area contributed by atoms with Crippen molar-refractivity contribution in [2.24, 2.45) is 0 Å². The molecule has 3 aromatic rings. The van der Waals surface area contributed by atoms with Crippen LogP contribution in [0.1, 0.15) is 5.56 Å². The lowest BCUT2D eigenvalue weighted by Crippen LogP contribution is -2.10. The Balaban J connectivity index is 2.19.